The molecule has 10 nitrogen and oxygen atoms in total. The molecule has 3 heterocycles. The van der Waals surface area contributed by atoms with Crippen LogP contribution in [0, 0.1) is 0 Å². The number of carbonyl (C=O) groups excluding carboxylic acids is 1. The topological polar surface area (TPSA) is 149 Å². The Bertz CT molecular complexity index is 970. The summed E-state index contributed by atoms with van der Waals surface area (Å²) in [7, 11) is 0. The van der Waals surface area contributed by atoms with Gasteiger partial charge in [-0.2, -0.15) is 4.98 Å². The highest BCUT2D eigenvalue weighted by molar-refractivity contribution is 5.96. The number of nitrogens with zero attached hydrogens (tertiary/aromatic N) is 5. The number of hydrogen-bond donors (Lipinski definition) is 4. The van der Waals surface area contributed by atoms with Crippen LogP contribution in [0.1, 0.15) is 36.2 Å². The summed E-state index contributed by atoms with van der Waals surface area (Å²) in [5.74, 6) is -0.160. The van der Waals surface area contributed by atoms with Crippen molar-refractivity contribution in [3.05, 3.63) is 36.4 Å². The Morgan fingerprint density at radius 2 is 2.07 bits per heavy atom. The van der Waals surface area contributed by atoms with E-state index >= 15 is 0 Å². The molecule has 4 rings (SSSR count). The number of nitrogens with two attached hydrogens (primary N) is 2. The molecule has 1 saturated carbocycles. The lowest BCUT2D eigenvalue weighted by Gasteiger charge is -2.29. The van der Waals surface area contributed by atoms with E-state index in [-0.39, 0.29) is 23.6 Å². The number of rotatable bonds is 5. The van der Waals surface area contributed by atoms with Gasteiger partial charge >= 0.3 is 0 Å². The Balaban J connectivity index is 1.61. The molecule has 1 amide bonds. The predicted octanol–water partition coefficient (Wildman–Crippen LogP) is 1.04. The average molecular weight is 367 g/mol. The Kier molecular flexibility index (Phi) is 4.55. The maximum atomic E-state index is 11.7. The van der Waals surface area contributed by atoms with Crippen molar-refractivity contribution in [1.29, 1.82) is 0 Å². The van der Waals surface area contributed by atoms with Gasteiger partial charge in [-0.1, -0.05) is 12.8 Å². The Labute approximate surface area is 155 Å². The van der Waals surface area contributed by atoms with Crippen molar-refractivity contribution in [2.24, 2.45) is 11.5 Å². The van der Waals surface area contributed by atoms with Gasteiger partial charge in [-0.3, -0.25) is 4.79 Å². The van der Waals surface area contributed by atoms with E-state index in [0.29, 0.717) is 11.6 Å². The molecular weight excluding hydrogens is 346 g/mol. The summed E-state index contributed by atoms with van der Waals surface area (Å²) in [5, 5.41) is 14.2. The first-order valence-corrected chi connectivity index (χ1v) is 8.86. The number of nitrogens with one attached hydrogen (secondary N) is 2. The van der Waals surface area contributed by atoms with E-state index in [1.165, 1.54) is 0 Å². The van der Waals surface area contributed by atoms with E-state index in [9.17, 15) is 4.79 Å². The van der Waals surface area contributed by atoms with Gasteiger partial charge < -0.3 is 26.5 Å². The molecule has 0 saturated heterocycles. The van der Waals surface area contributed by atoms with E-state index in [4.69, 9.17) is 11.5 Å². The van der Waals surface area contributed by atoms with Gasteiger partial charge in [0, 0.05) is 42.4 Å². The molecule has 2 atom stereocenters. The molecule has 140 valence electrons. The third kappa shape index (κ3) is 3.65. The van der Waals surface area contributed by atoms with E-state index in [0.717, 1.165) is 31.3 Å². The number of hydrogen-bond acceptors (Lipinski definition) is 8. The summed E-state index contributed by atoms with van der Waals surface area (Å²) in [6.45, 7) is 0. The van der Waals surface area contributed by atoms with Gasteiger partial charge in [0.05, 0.1) is 0 Å². The summed E-state index contributed by atoms with van der Waals surface area (Å²) >= 11 is 0. The number of carbonyl (C=O) groups is 1. The molecule has 0 aliphatic heterocycles. The normalized spacial score (nSPS) is 19.7. The van der Waals surface area contributed by atoms with Crippen molar-refractivity contribution in [3.8, 4) is 0 Å². The number of imidazole rings is 1. The maximum Gasteiger partial charge on any atom is 0.273 e. The molecule has 1 fully saturated rings. The number of aromatic nitrogens is 5. The number of fused-ring (bicyclic) bond motifs is 1. The third-order valence-corrected chi connectivity index (χ3v) is 4.71. The molecular formula is C17H21N9O. The van der Waals surface area contributed by atoms with Crippen molar-refractivity contribution in [2.75, 3.05) is 10.6 Å². The van der Waals surface area contributed by atoms with E-state index in [1.54, 1.807) is 6.20 Å². The zero-order valence-corrected chi connectivity index (χ0v) is 14.7. The molecule has 3 aromatic rings. The minimum Gasteiger partial charge on any atom is -0.364 e. The quantitative estimate of drug-likeness (QED) is 0.522. The molecule has 0 unspecified atom stereocenters. The SMILES string of the molecule is NC(=O)c1nnc(N[C@@H]2CCCC[C@@H]2N)nc1Nc1ccn2ccnc2c1. The Morgan fingerprint density at radius 1 is 1.22 bits per heavy atom. The maximum absolute atomic E-state index is 11.7. The second-order valence-corrected chi connectivity index (χ2v) is 6.63. The molecule has 0 aromatic carbocycles. The van der Waals surface area contributed by atoms with Gasteiger partial charge in [-0.15, -0.1) is 10.2 Å². The van der Waals surface area contributed by atoms with Crippen molar-refractivity contribution in [3.63, 3.8) is 0 Å². The first-order chi connectivity index (χ1) is 13.1. The molecule has 1 aliphatic rings. The van der Waals surface area contributed by atoms with Crippen LogP contribution in [-0.2, 0) is 0 Å². The molecule has 0 radical (unpaired) electrons. The van der Waals surface area contributed by atoms with Gasteiger partial charge in [0.2, 0.25) is 5.95 Å². The van der Waals surface area contributed by atoms with Crippen LogP contribution < -0.4 is 22.1 Å². The Hall–Kier alpha value is -3.27. The summed E-state index contributed by atoms with van der Waals surface area (Å²) in [6.07, 6.45) is 9.53. The second kappa shape index (κ2) is 7.16. The van der Waals surface area contributed by atoms with Gasteiger partial charge in [0.1, 0.15) is 5.65 Å². The van der Waals surface area contributed by atoms with Crippen LogP contribution in [0.4, 0.5) is 17.5 Å². The minimum atomic E-state index is -0.708. The fourth-order valence-corrected chi connectivity index (χ4v) is 3.27. The van der Waals surface area contributed by atoms with Gasteiger partial charge in [-0.05, 0) is 18.9 Å². The highest BCUT2D eigenvalue weighted by Gasteiger charge is 2.23. The highest BCUT2D eigenvalue weighted by Crippen LogP contribution is 2.22. The number of amides is 1. The summed E-state index contributed by atoms with van der Waals surface area (Å²) in [6, 6.07) is 3.79. The lowest BCUT2D eigenvalue weighted by molar-refractivity contribution is 0.0995. The average Bonchev–Trinajstić information content (AvgIpc) is 3.11. The van der Waals surface area contributed by atoms with Crippen LogP contribution in [-0.4, -0.2) is 42.6 Å². The largest absolute Gasteiger partial charge is 0.364 e. The smallest absolute Gasteiger partial charge is 0.273 e. The monoisotopic (exact) mass is 367 g/mol. The zero-order valence-electron chi connectivity index (χ0n) is 14.7. The standard InChI is InChI=1S/C17H21N9O/c18-11-3-1-2-4-12(11)22-17-23-16(14(15(19)27)24-25-17)21-10-5-7-26-8-6-20-13(26)9-10/h5-9,11-12H,1-4,18H2,(H2,19,27)(H2,21,22,23,25)/t11-,12+/m0/s1. The highest BCUT2D eigenvalue weighted by atomic mass is 16.1. The van der Waals surface area contributed by atoms with Crippen molar-refractivity contribution < 1.29 is 4.79 Å². The molecule has 6 N–H and O–H groups in total. The molecule has 10 heteroatoms. The molecule has 3 aromatic heterocycles. The van der Waals surface area contributed by atoms with Gasteiger partial charge in [0.25, 0.3) is 5.91 Å². The fraction of sp³-hybridized carbons (Fsp3) is 0.353. The van der Waals surface area contributed by atoms with Crippen molar-refractivity contribution in [1.82, 2.24) is 24.6 Å². The summed E-state index contributed by atoms with van der Waals surface area (Å²) < 4.78 is 1.87. The predicted molar refractivity (Wildman–Crippen MR) is 101 cm³/mol. The van der Waals surface area contributed by atoms with E-state index < -0.39 is 5.91 Å². The van der Waals surface area contributed by atoms with E-state index in [2.05, 4.69) is 30.8 Å². The van der Waals surface area contributed by atoms with Crippen LogP contribution in [0.5, 0.6) is 0 Å². The van der Waals surface area contributed by atoms with Crippen LogP contribution in [0.25, 0.3) is 5.65 Å². The molecule has 0 bridgehead atoms. The summed E-state index contributed by atoms with van der Waals surface area (Å²) in [5.41, 5.74) is 13.0. The minimum absolute atomic E-state index is 0.0308. The lowest BCUT2D eigenvalue weighted by Crippen LogP contribution is -2.43. The van der Waals surface area contributed by atoms with Crippen LogP contribution in [0.2, 0.25) is 0 Å². The van der Waals surface area contributed by atoms with Gasteiger partial charge in [0.15, 0.2) is 11.5 Å². The molecule has 0 spiro atoms. The lowest BCUT2D eigenvalue weighted by atomic mass is 9.91. The van der Waals surface area contributed by atoms with Crippen LogP contribution >= 0.6 is 0 Å². The van der Waals surface area contributed by atoms with Crippen LogP contribution in [0.3, 0.4) is 0 Å². The zero-order chi connectivity index (χ0) is 18.8. The number of pyridine rings is 1. The second-order valence-electron chi connectivity index (χ2n) is 6.63. The first kappa shape index (κ1) is 17.2. The first-order valence-electron chi connectivity index (χ1n) is 8.86. The van der Waals surface area contributed by atoms with Crippen LogP contribution in [0.15, 0.2) is 30.7 Å². The van der Waals surface area contributed by atoms with Crippen molar-refractivity contribution >= 4 is 29.0 Å². The summed E-state index contributed by atoms with van der Waals surface area (Å²) in [4.78, 5) is 20.4. The molecule has 27 heavy (non-hydrogen) atoms. The Morgan fingerprint density at radius 3 is 2.89 bits per heavy atom. The third-order valence-electron chi connectivity index (χ3n) is 4.71. The fourth-order valence-electron chi connectivity index (χ4n) is 3.27. The molecule has 1 aliphatic carbocycles. The van der Waals surface area contributed by atoms with Crippen molar-refractivity contribution in [2.45, 2.75) is 37.8 Å². The van der Waals surface area contributed by atoms with Gasteiger partial charge in [-0.25, -0.2) is 4.98 Å². The van der Waals surface area contributed by atoms with E-state index in [1.807, 2.05) is 28.9 Å². The number of anilines is 3. The number of primary amides is 1.